The fraction of sp³-hybridized carbons (Fsp3) is 0.462. The first-order valence-electron chi connectivity index (χ1n) is 5.94. The number of hydrogen-bond acceptors (Lipinski definition) is 3. The van der Waals surface area contributed by atoms with Crippen molar-refractivity contribution in [2.24, 2.45) is 0 Å². The average Bonchev–Trinajstić information content (AvgIpc) is 2.87. The monoisotopic (exact) mass is 233 g/mol. The number of nitrogens with zero attached hydrogens (tertiary/aromatic N) is 2. The van der Waals surface area contributed by atoms with E-state index in [1.807, 2.05) is 23.9 Å². The molecule has 0 fully saturated rings. The normalized spacial score (nSPS) is 11.3. The van der Waals surface area contributed by atoms with Crippen LogP contribution in [0.15, 0.2) is 28.9 Å². The van der Waals surface area contributed by atoms with E-state index in [4.69, 9.17) is 4.42 Å². The Bertz CT molecular complexity index is 457. The lowest BCUT2D eigenvalue weighted by molar-refractivity contribution is 0.445. The lowest BCUT2D eigenvalue weighted by Crippen LogP contribution is -2.21. The summed E-state index contributed by atoms with van der Waals surface area (Å²) in [6, 6.07) is 4.50. The summed E-state index contributed by atoms with van der Waals surface area (Å²) in [5.41, 5.74) is 1.19. The van der Waals surface area contributed by atoms with E-state index in [0.29, 0.717) is 6.04 Å². The predicted octanol–water partition coefficient (Wildman–Crippen LogP) is 2.33. The third-order valence-electron chi connectivity index (χ3n) is 2.65. The molecule has 0 saturated heterocycles. The molecule has 4 nitrogen and oxygen atoms in total. The minimum atomic E-state index is 0.468. The highest BCUT2D eigenvalue weighted by atomic mass is 16.3. The van der Waals surface area contributed by atoms with Crippen LogP contribution in [0.25, 0.3) is 0 Å². The van der Waals surface area contributed by atoms with Gasteiger partial charge in [0.05, 0.1) is 13.1 Å². The van der Waals surface area contributed by atoms with Gasteiger partial charge in [0.2, 0.25) is 0 Å². The zero-order valence-corrected chi connectivity index (χ0v) is 10.6. The van der Waals surface area contributed by atoms with Crippen molar-refractivity contribution in [1.82, 2.24) is 15.1 Å². The van der Waals surface area contributed by atoms with Gasteiger partial charge in [0.1, 0.15) is 11.5 Å². The molecule has 17 heavy (non-hydrogen) atoms. The van der Waals surface area contributed by atoms with Gasteiger partial charge >= 0.3 is 0 Å². The van der Waals surface area contributed by atoms with Crippen LogP contribution in [0.1, 0.15) is 30.9 Å². The zero-order valence-electron chi connectivity index (χ0n) is 10.6. The SMILES string of the molecule is Cc1oc(CNC(C)C)cc1Cn1cccn1. The highest BCUT2D eigenvalue weighted by molar-refractivity contribution is 5.21. The number of furan rings is 1. The first kappa shape index (κ1) is 11.9. The molecule has 0 aromatic carbocycles. The lowest BCUT2D eigenvalue weighted by Gasteiger charge is -2.04. The second-order valence-electron chi connectivity index (χ2n) is 4.53. The molecule has 2 aromatic rings. The van der Waals surface area contributed by atoms with E-state index >= 15 is 0 Å². The van der Waals surface area contributed by atoms with Gasteiger partial charge in [-0.3, -0.25) is 4.68 Å². The molecular weight excluding hydrogens is 214 g/mol. The Morgan fingerprint density at radius 3 is 2.94 bits per heavy atom. The second-order valence-corrected chi connectivity index (χ2v) is 4.53. The maximum Gasteiger partial charge on any atom is 0.118 e. The molecule has 0 atom stereocenters. The van der Waals surface area contributed by atoms with E-state index in [1.54, 1.807) is 6.20 Å². The molecule has 0 aliphatic rings. The molecule has 2 aromatic heterocycles. The zero-order chi connectivity index (χ0) is 12.3. The summed E-state index contributed by atoms with van der Waals surface area (Å²) >= 11 is 0. The third kappa shape index (κ3) is 3.20. The number of nitrogens with one attached hydrogen (secondary N) is 1. The molecule has 0 unspecified atom stereocenters. The van der Waals surface area contributed by atoms with Crippen LogP contribution < -0.4 is 5.32 Å². The Balaban J connectivity index is 2.03. The van der Waals surface area contributed by atoms with Crippen molar-refractivity contribution in [2.45, 2.75) is 39.9 Å². The summed E-state index contributed by atoms with van der Waals surface area (Å²) in [5, 5.41) is 7.54. The van der Waals surface area contributed by atoms with E-state index in [9.17, 15) is 0 Å². The molecule has 2 heterocycles. The molecule has 0 bridgehead atoms. The van der Waals surface area contributed by atoms with Crippen LogP contribution in [0.3, 0.4) is 0 Å². The highest BCUT2D eigenvalue weighted by Gasteiger charge is 2.08. The Morgan fingerprint density at radius 2 is 2.29 bits per heavy atom. The molecule has 0 saturated carbocycles. The van der Waals surface area contributed by atoms with Gasteiger partial charge in [0.25, 0.3) is 0 Å². The van der Waals surface area contributed by atoms with E-state index in [-0.39, 0.29) is 0 Å². The predicted molar refractivity (Wildman–Crippen MR) is 66.7 cm³/mol. The minimum Gasteiger partial charge on any atom is -0.465 e. The summed E-state index contributed by atoms with van der Waals surface area (Å²) in [5.74, 6) is 1.96. The Morgan fingerprint density at radius 1 is 1.47 bits per heavy atom. The molecule has 0 spiro atoms. The van der Waals surface area contributed by atoms with Crippen LogP contribution >= 0.6 is 0 Å². The van der Waals surface area contributed by atoms with Crippen molar-refractivity contribution < 1.29 is 4.42 Å². The van der Waals surface area contributed by atoms with Gasteiger partial charge in [-0.25, -0.2) is 0 Å². The van der Waals surface area contributed by atoms with Gasteiger partial charge in [-0.2, -0.15) is 5.10 Å². The van der Waals surface area contributed by atoms with E-state index in [2.05, 4.69) is 30.3 Å². The van der Waals surface area contributed by atoms with Crippen molar-refractivity contribution in [3.05, 3.63) is 41.6 Å². The Hall–Kier alpha value is -1.55. The van der Waals surface area contributed by atoms with Gasteiger partial charge in [0, 0.05) is 24.0 Å². The summed E-state index contributed by atoms with van der Waals surface area (Å²) in [6.07, 6.45) is 3.75. The summed E-state index contributed by atoms with van der Waals surface area (Å²) < 4.78 is 7.61. The molecule has 0 aliphatic carbocycles. The van der Waals surface area contributed by atoms with Crippen LogP contribution in [0.4, 0.5) is 0 Å². The van der Waals surface area contributed by atoms with Gasteiger partial charge in [0.15, 0.2) is 0 Å². The summed E-state index contributed by atoms with van der Waals surface area (Å²) in [4.78, 5) is 0. The fourth-order valence-electron chi connectivity index (χ4n) is 1.70. The quantitative estimate of drug-likeness (QED) is 0.862. The van der Waals surface area contributed by atoms with E-state index in [1.165, 1.54) is 5.56 Å². The summed E-state index contributed by atoms with van der Waals surface area (Å²) in [7, 11) is 0. The van der Waals surface area contributed by atoms with Crippen LogP contribution in [-0.4, -0.2) is 15.8 Å². The number of hydrogen-bond donors (Lipinski definition) is 1. The van der Waals surface area contributed by atoms with Crippen molar-refractivity contribution >= 4 is 0 Å². The topological polar surface area (TPSA) is 43.0 Å². The van der Waals surface area contributed by atoms with E-state index in [0.717, 1.165) is 24.6 Å². The molecule has 1 N–H and O–H groups in total. The molecular formula is C13H19N3O. The number of aromatic nitrogens is 2. The lowest BCUT2D eigenvalue weighted by atomic mass is 10.2. The smallest absolute Gasteiger partial charge is 0.118 e. The van der Waals surface area contributed by atoms with Gasteiger partial charge in [-0.1, -0.05) is 13.8 Å². The largest absolute Gasteiger partial charge is 0.465 e. The van der Waals surface area contributed by atoms with Crippen molar-refractivity contribution in [3.8, 4) is 0 Å². The maximum absolute atomic E-state index is 5.71. The second kappa shape index (κ2) is 5.19. The van der Waals surface area contributed by atoms with Crippen LogP contribution in [-0.2, 0) is 13.1 Å². The fourth-order valence-corrected chi connectivity index (χ4v) is 1.70. The Labute approximate surface area is 102 Å². The van der Waals surface area contributed by atoms with Crippen LogP contribution in [0.5, 0.6) is 0 Å². The van der Waals surface area contributed by atoms with Crippen molar-refractivity contribution in [1.29, 1.82) is 0 Å². The standard InChI is InChI=1S/C13H19N3O/c1-10(2)14-8-13-7-12(11(3)17-13)9-16-6-4-5-15-16/h4-7,10,14H,8-9H2,1-3H3. The first-order chi connectivity index (χ1) is 8.15. The van der Waals surface area contributed by atoms with Crippen LogP contribution in [0.2, 0.25) is 0 Å². The molecule has 2 rings (SSSR count). The minimum absolute atomic E-state index is 0.468. The molecule has 4 heteroatoms. The first-order valence-corrected chi connectivity index (χ1v) is 5.94. The third-order valence-corrected chi connectivity index (χ3v) is 2.65. The molecule has 0 aliphatic heterocycles. The van der Waals surface area contributed by atoms with Crippen LogP contribution in [0, 0.1) is 6.92 Å². The van der Waals surface area contributed by atoms with E-state index < -0.39 is 0 Å². The van der Waals surface area contributed by atoms with Crippen molar-refractivity contribution in [2.75, 3.05) is 0 Å². The van der Waals surface area contributed by atoms with Gasteiger partial charge in [-0.05, 0) is 19.1 Å². The molecule has 0 radical (unpaired) electrons. The van der Waals surface area contributed by atoms with Gasteiger partial charge in [-0.15, -0.1) is 0 Å². The summed E-state index contributed by atoms with van der Waals surface area (Å²) in [6.45, 7) is 7.79. The van der Waals surface area contributed by atoms with Crippen molar-refractivity contribution in [3.63, 3.8) is 0 Å². The average molecular weight is 233 g/mol. The maximum atomic E-state index is 5.71. The molecule has 0 amide bonds. The number of aryl methyl sites for hydroxylation is 1. The number of rotatable bonds is 5. The highest BCUT2D eigenvalue weighted by Crippen LogP contribution is 2.15. The molecule has 92 valence electrons. The Kier molecular flexibility index (Phi) is 3.64. The van der Waals surface area contributed by atoms with Gasteiger partial charge < -0.3 is 9.73 Å².